The van der Waals surface area contributed by atoms with Crippen LogP contribution in [0.3, 0.4) is 0 Å². The van der Waals surface area contributed by atoms with E-state index in [1.54, 1.807) is 11.3 Å². The van der Waals surface area contributed by atoms with Crippen molar-refractivity contribution >= 4 is 22.9 Å². The minimum atomic E-state index is -0.370. The van der Waals surface area contributed by atoms with Crippen molar-refractivity contribution in [1.82, 2.24) is 4.98 Å². The maximum Gasteiger partial charge on any atom is 0.185 e. The Morgan fingerprint density at radius 3 is 2.44 bits per heavy atom. The number of hydrogen-bond donors (Lipinski definition) is 0. The highest BCUT2D eigenvalue weighted by atomic mass is 35.5. The topological polar surface area (TPSA) is 40.6 Å². The minimum absolute atomic E-state index is 0.165. The lowest BCUT2D eigenvalue weighted by atomic mass is 10.1. The summed E-state index contributed by atoms with van der Waals surface area (Å²) in [5, 5.41) is 1.56. The number of nitrogens with zero attached hydrogens (tertiary/aromatic N) is 1. The second kappa shape index (κ2) is 7.98. The molecule has 0 aliphatic carbocycles. The van der Waals surface area contributed by atoms with Gasteiger partial charge >= 0.3 is 0 Å². The lowest BCUT2D eigenvalue weighted by Gasteiger charge is -2.11. The third kappa shape index (κ3) is 4.17. The quantitative estimate of drug-likeness (QED) is 0.528. The molecule has 6 heteroatoms. The van der Waals surface area contributed by atoms with Gasteiger partial charge in [-0.2, -0.15) is 0 Å². The average Bonchev–Trinajstić information content (AvgIpc) is 3.34. The summed E-state index contributed by atoms with van der Waals surface area (Å²) in [7, 11) is 0. The van der Waals surface area contributed by atoms with Crippen LogP contribution in [0.15, 0.2) is 48.7 Å². The fraction of sp³-hybridized carbons (Fsp3) is 0.286. The fourth-order valence-corrected chi connectivity index (χ4v) is 4.09. The van der Waals surface area contributed by atoms with E-state index in [2.05, 4.69) is 17.1 Å². The van der Waals surface area contributed by atoms with Gasteiger partial charge < -0.3 is 14.2 Å². The Kier molecular flexibility index (Phi) is 5.45. The van der Waals surface area contributed by atoms with Crippen molar-refractivity contribution in [3.05, 3.63) is 59.2 Å². The third-order valence-electron chi connectivity index (χ3n) is 4.14. The highest BCUT2D eigenvalue weighted by Gasteiger charge is 2.21. The van der Waals surface area contributed by atoms with Gasteiger partial charge in [0.2, 0.25) is 0 Å². The van der Waals surface area contributed by atoms with Gasteiger partial charge in [-0.05, 0) is 49.7 Å². The van der Waals surface area contributed by atoms with Crippen LogP contribution in [0.25, 0.3) is 21.0 Å². The number of benzene rings is 2. The molecule has 0 radical (unpaired) electrons. The van der Waals surface area contributed by atoms with E-state index in [1.165, 1.54) is 0 Å². The number of rotatable bonds is 5. The Morgan fingerprint density at radius 1 is 1.07 bits per heavy atom. The monoisotopic (exact) mass is 401 g/mol. The summed E-state index contributed by atoms with van der Waals surface area (Å²) in [6.07, 6.45) is 1.69. The van der Waals surface area contributed by atoms with Crippen LogP contribution in [-0.2, 0) is 9.47 Å². The lowest BCUT2D eigenvalue weighted by Crippen LogP contribution is -2.04. The van der Waals surface area contributed by atoms with Gasteiger partial charge in [0.05, 0.1) is 24.2 Å². The summed E-state index contributed by atoms with van der Waals surface area (Å²) in [5.74, 6) is 0.872. The number of aromatic nitrogens is 1. The molecule has 0 N–H and O–H groups in total. The molecule has 0 saturated carbocycles. The van der Waals surface area contributed by atoms with Crippen LogP contribution in [0.1, 0.15) is 25.7 Å². The van der Waals surface area contributed by atoms with Gasteiger partial charge in [-0.3, -0.25) is 0 Å². The van der Waals surface area contributed by atoms with Gasteiger partial charge in [0.25, 0.3) is 0 Å². The molecule has 1 aromatic heterocycles. The van der Waals surface area contributed by atoms with Gasteiger partial charge in [0, 0.05) is 22.3 Å². The predicted octanol–water partition coefficient (Wildman–Crippen LogP) is 5.96. The van der Waals surface area contributed by atoms with Gasteiger partial charge in [-0.25, -0.2) is 4.98 Å². The molecular weight excluding hydrogens is 382 g/mol. The SMILES string of the molecule is CC(C)Oc1ccc(-c2cnc(-c3ccc(C4OCCO4)c(Cl)c3)s2)cc1. The molecule has 1 saturated heterocycles. The molecule has 4 rings (SSSR count). The molecule has 1 fully saturated rings. The first-order valence-corrected chi connectivity index (χ1v) is 10.1. The van der Waals surface area contributed by atoms with Gasteiger partial charge in [-0.1, -0.05) is 23.7 Å². The highest BCUT2D eigenvalue weighted by Crippen LogP contribution is 2.36. The van der Waals surface area contributed by atoms with E-state index < -0.39 is 0 Å². The lowest BCUT2D eigenvalue weighted by molar-refractivity contribution is -0.0440. The van der Waals surface area contributed by atoms with E-state index in [0.717, 1.165) is 32.3 Å². The summed E-state index contributed by atoms with van der Waals surface area (Å²) in [5.41, 5.74) is 2.96. The Morgan fingerprint density at radius 2 is 1.78 bits per heavy atom. The number of ether oxygens (including phenoxy) is 3. The first kappa shape index (κ1) is 18.4. The third-order valence-corrected chi connectivity index (χ3v) is 5.56. The molecule has 4 nitrogen and oxygen atoms in total. The second-order valence-corrected chi connectivity index (χ2v) is 7.97. The van der Waals surface area contributed by atoms with Gasteiger partial charge in [-0.15, -0.1) is 11.3 Å². The smallest absolute Gasteiger partial charge is 0.185 e. The highest BCUT2D eigenvalue weighted by molar-refractivity contribution is 7.18. The molecular formula is C21H20ClNO3S. The van der Waals surface area contributed by atoms with Crippen LogP contribution in [0, 0.1) is 0 Å². The molecule has 2 aromatic carbocycles. The van der Waals surface area contributed by atoms with Crippen molar-refractivity contribution in [2.24, 2.45) is 0 Å². The Bertz CT molecular complexity index is 917. The second-order valence-electron chi connectivity index (χ2n) is 6.53. The van der Waals surface area contributed by atoms with E-state index in [9.17, 15) is 0 Å². The molecule has 0 spiro atoms. The van der Waals surface area contributed by atoms with Crippen LogP contribution < -0.4 is 4.74 Å². The van der Waals surface area contributed by atoms with E-state index >= 15 is 0 Å². The first-order chi connectivity index (χ1) is 13.1. The van der Waals surface area contributed by atoms with Gasteiger partial charge in [0.15, 0.2) is 6.29 Å². The Balaban J connectivity index is 1.54. The number of halogens is 1. The number of thiazole rings is 1. The molecule has 0 amide bonds. The molecule has 2 heterocycles. The van der Waals surface area contributed by atoms with Crippen molar-refractivity contribution in [3.63, 3.8) is 0 Å². The van der Waals surface area contributed by atoms with E-state index in [4.69, 9.17) is 25.8 Å². The van der Waals surface area contributed by atoms with Crippen molar-refractivity contribution in [3.8, 4) is 26.8 Å². The summed E-state index contributed by atoms with van der Waals surface area (Å²) in [6.45, 7) is 5.23. The van der Waals surface area contributed by atoms with Crippen LogP contribution >= 0.6 is 22.9 Å². The van der Waals surface area contributed by atoms with Crippen molar-refractivity contribution in [2.45, 2.75) is 26.2 Å². The van der Waals surface area contributed by atoms with Crippen LogP contribution in [0.4, 0.5) is 0 Å². The summed E-state index contributed by atoms with van der Waals surface area (Å²) in [6, 6.07) is 14.0. The van der Waals surface area contributed by atoms with Crippen molar-refractivity contribution in [2.75, 3.05) is 13.2 Å². The standard InChI is InChI=1S/C21H20ClNO3S/c1-13(2)26-16-6-3-14(4-7-16)19-12-23-20(27-19)15-5-8-17(18(22)11-15)21-24-9-10-25-21/h3-8,11-13,21H,9-10H2,1-2H3. The predicted molar refractivity (Wildman–Crippen MR) is 108 cm³/mol. The largest absolute Gasteiger partial charge is 0.491 e. The minimum Gasteiger partial charge on any atom is -0.491 e. The van der Waals surface area contributed by atoms with Crippen molar-refractivity contribution < 1.29 is 14.2 Å². The maximum absolute atomic E-state index is 6.44. The maximum atomic E-state index is 6.44. The molecule has 0 bridgehead atoms. The van der Waals surface area contributed by atoms with Crippen LogP contribution in [-0.4, -0.2) is 24.3 Å². The fourth-order valence-electron chi connectivity index (χ4n) is 2.90. The molecule has 3 aromatic rings. The zero-order chi connectivity index (χ0) is 18.8. The normalized spacial score (nSPS) is 14.8. The zero-order valence-electron chi connectivity index (χ0n) is 15.1. The first-order valence-electron chi connectivity index (χ1n) is 8.86. The van der Waals surface area contributed by atoms with Crippen LogP contribution in [0.2, 0.25) is 5.02 Å². The molecule has 0 unspecified atom stereocenters. The van der Waals surface area contributed by atoms with Crippen molar-refractivity contribution in [1.29, 1.82) is 0 Å². The summed E-state index contributed by atoms with van der Waals surface area (Å²) < 4.78 is 16.8. The Hall–Kier alpha value is -1.92. The molecule has 1 aliphatic rings. The summed E-state index contributed by atoms with van der Waals surface area (Å²) in [4.78, 5) is 5.67. The molecule has 140 valence electrons. The Labute approximate surface area is 167 Å². The van der Waals surface area contributed by atoms with E-state index in [0.29, 0.717) is 18.2 Å². The molecule has 27 heavy (non-hydrogen) atoms. The zero-order valence-corrected chi connectivity index (χ0v) is 16.7. The average molecular weight is 402 g/mol. The summed E-state index contributed by atoms with van der Waals surface area (Å²) >= 11 is 8.08. The number of hydrogen-bond acceptors (Lipinski definition) is 5. The molecule has 1 aliphatic heterocycles. The molecule has 0 atom stereocenters. The van der Waals surface area contributed by atoms with E-state index in [-0.39, 0.29) is 12.4 Å². The van der Waals surface area contributed by atoms with Gasteiger partial charge in [0.1, 0.15) is 10.8 Å². The van der Waals surface area contributed by atoms with E-state index in [1.807, 2.05) is 50.4 Å². The van der Waals surface area contributed by atoms with Crippen LogP contribution in [0.5, 0.6) is 5.75 Å².